The van der Waals surface area contributed by atoms with Gasteiger partial charge in [-0.1, -0.05) is 261 Å². The lowest BCUT2D eigenvalue weighted by Gasteiger charge is -2.41. The zero-order valence-corrected chi connectivity index (χ0v) is 51.0. The number of nitrogens with one attached hydrogen (secondary N) is 1. The second kappa shape index (κ2) is 55.9. The lowest BCUT2D eigenvalue weighted by Crippen LogP contribution is -2.61. The first kappa shape index (κ1) is 74.4. The van der Waals surface area contributed by atoms with Crippen LogP contribution in [0.3, 0.4) is 0 Å². The molecule has 1 aliphatic heterocycles. The zero-order valence-electron chi connectivity index (χ0n) is 51.0. The molecule has 1 amide bonds. The van der Waals surface area contributed by atoms with Crippen LogP contribution < -0.4 is 5.32 Å². The van der Waals surface area contributed by atoms with Gasteiger partial charge in [0.05, 0.1) is 25.4 Å². The number of ether oxygens (including phenoxy) is 3. The number of aliphatic hydroxyl groups is 5. The number of aliphatic hydroxyl groups excluding tert-OH is 5. The standard InChI is InChI=1S/C68H123NO10/c1-4-7-10-13-16-19-22-24-26-28-29-30-31-32-34-35-37-40-43-46-49-52-55-61(72)67(76)69-59(60(71)54-51-48-45-42-39-21-18-15-12-9-6-3)58-77-68-66(65(75)64(74)62(57-70)78-68)79-63(73)56-53-50-47-44-41-38-36-33-27-25-23-20-17-14-11-8-5-2/h16,19,24-27,29-30,51,54,59-62,64-66,68,70-72,74-75H,4-15,17-18,20-23,28,31-50,52-53,55-58H2,1-3H3,(H,69,76)/b19-16-,26-24-,27-25+,30-29-,54-51+. The fraction of sp³-hybridized carbons (Fsp3) is 0.824. The summed E-state index contributed by atoms with van der Waals surface area (Å²) in [6, 6.07) is -1.03. The second-order valence-corrected chi connectivity index (χ2v) is 22.8. The third-order valence-electron chi connectivity index (χ3n) is 15.4. The first-order chi connectivity index (χ1) is 38.7. The highest BCUT2D eigenvalue weighted by atomic mass is 16.7. The molecule has 11 heteroatoms. The molecular weight excluding hydrogens is 991 g/mol. The summed E-state index contributed by atoms with van der Waals surface area (Å²) in [5.74, 6) is -1.20. The molecule has 79 heavy (non-hydrogen) atoms. The van der Waals surface area contributed by atoms with E-state index in [1.807, 2.05) is 6.08 Å². The molecule has 1 aliphatic rings. The van der Waals surface area contributed by atoms with Crippen molar-refractivity contribution in [3.63, 3.8) is 0 Å². The van der Waals surface area contributed by atoms with Crippen molar-refractivity contribution in [1.29, 1.82) is 0 Å². The quantitative estimate of drug-likeness (QED) is 0.0195. The fourth-order valence-corrected chi connectivity index (χ4v) is 10.1. The molecule has 8 atom stereocenters. The Morgan fingerprint density at radius 2 is 0.873 bits per heavy atom. The molecule has 460 valence electrons. The number of carbonyl (C=O) groups is 2. The van der Waals surface area contributed by atoms with Crippen molar-refractivity contribution in [3.05, 3.63) is 60.8 Å². The van der Waals surface area contributed by atoms with Crippen LogP contribution in [0.25, 0.3) is 0 Å². The van der Waals surface area contributed by atoms with Crippen LogP contribution in [0.15, 0.2) is 60.8 Å². The van der Waals surface area contributed by atoms with Crippen LogP contribution in [0.4, 0.5) is 0 Å². The lowest BCUT2D eigenvalue weighted by molar-refractivity contribution is -0.305. The van der Waals surface area contributed by atoms with Crippen molar-refractivity contribution in [2.45, 2.75) is 346 Å². The molecule has 0 radical (unpaired) electrons. The molecule has 11 nitrogen and oxygen atoms in total. The minimum Gasteiger partial charge on any atom is -0.454 e. The number of hydrogen-bond acceptors (Lipinski definition) is 10. The molecule has 0 aromatic heterocycles. The highest BCUT2D eigenvalue weighted by molar-refractivity contribution is 5.80. The zero-order chi connectivity index (χ0) is 57.5. The van der Waals surface area contributed by atoms with Gasteiger partial charge < -0.3 is 45.1 Å². The van der Waals surface area contributed by atoms with Crippen molar-refractivity contribution in [1.82, 2.24) is 5.32 Å². The Morgan fingerprint density at radius 3 is 1.34 bits per heavy atom. The highest BCUT2D eigenvalue weighted by Crippen LogP contribution is 2.26. The average Bonchev–Trinajstić information content (AvgIpc) is 3.45. The van der Waals surface area contributed by atoms with Crippen LogP contribution in [0.2, 0.25) is 0 Å². The molecule has 1 rings (SSSR count). The number of carbonyl (C=O) groups excluding carboxylic acids is 2. The van der Waals surface area contributed by atoms with Gasteiger partial charge in [0.1, 0.15) is 24.4 Å². The van der Waals surface area contributed by atoms with Crippen LogP contribution in [-0.2, 0) is 23.8 Å². The van der Waals surface area contributed by atoms with Crippen molar-refractivity contribution >= 4 is 11.9 Å². The molecule has 0 aromatic rings. The fourth-order valence-electron chi connectivity index (χ4n) is 10.1. The van der Waals surface area contributed by atoms with Gasteiger partial charge in [-0.15, -0.1) is 0 Å². The first-order valence-electron chi connectivity index (χ1n) is 33.1. The Hall–Kier alpha value is -2.64. The summed E-state index contributed by atoms with van der Waals surface area (Å²) < 4.78 is 17.6. The van der Waals surface area contributed by atoms with E-state index in [1.165, 1.54) is 161 Å². The monoisotopic (exact) mass is 1110 g/mol. The van der Waals surface area contributed by atoms with E-state index in [2.05, 4.69) is 74.7 Å². The summed E-state index contributed by atoms with van der Waals surface area (Å²) in [5.41, 5.74) is 0. The minimum absolute atomic E-state index is 0.118. The van der Waals surface area contributed by atoms with Gasteiger partial charge in [-0.05, 0) is 89.9 Å². The van der Waals surface area contributed by atoms with E-state index in [4.69, 9.17) is 14.2 Å². The summed E-state index contributed by atoms with van der Waals surface area (Å²) in [7, 11) is 0. The molecule has 0 aliphatic carbocycles. The minimum atomic E-state index is -1.62. The number of esters is 1. The Kier molecular flexibility index (Phi) is 52.6. The molecule has 1 heterocycles. The van der Waals surface area contributed by atoms with Gasteiger partial charge in [-0.25, -0.2) is 0 Å². The third kappa shape index (κ3) is 43.7. The predicted octanol–water partition coefficient (Wildman–Crippen LogP) is 16.2. The molecule has 8 unspecified atom stereocenters. The SMILES string of the molecule is CCCCC/C=C\C/C=C\C/C=C\CCCCCCCCCCCC(O)C(=O)NC(COC1OC(CO)C(O)C(O)C1OC(=O)CCCCCCCCC/C=C/CCCCCCCC)C(O)/C=C/CCCCCCCCCCC. The van der Waals surface area contributed by atoms with Gasteiger partial charge in [0.2, 0.25) is 5.91 Å². The van der Waals surface area contributed by atoms with Crippen molar-refractivity contribution < 1.29 is 49.3 Å². The maximum Gasteiger partial charge on any atom is 0.306 e. The summed E-state index contributed by atoms with van der Waals surface area (Å²) >= 11 is 0. The molecule has 0 aromatic carbocycles. The summed E-state index contributed by atoms with van der Waals surface area (Å²) in [6.45, 7) is 5.76. The maximum absolute atomic E-state index is 13.4. The van der Waals surface area contributed by atoms with Gasteiger partial charge in [0.25, 0.3) is 0 Å². The van der Waals surface area contributed by atoms with Crippen LogP contribution in [0.1, 0.15) is 297 Å². The number of hydrogen-bond donors (Lipinski definition) is 6. The van der Waals surface area contributed by atoms with Crippen LogP contribution in [-0.4, -0.2) is 99.6 Å². The van der Waals surface area contributed by atoms with E-state index in [1.54, 1.807) is 6.08 Å². The van der Waals surface area contributed by atoms with Crippen LogP contribution >= 0.6 is 0 Å². The topological polar surface area (TPSA) is 175 Å². The van der Waals surface area contributed by atoms with Crippen LogP contribution in [0, 0.1) is 0 Å². The van der Waals surface area contributed by atoms with E-state index in [0.29, 0.717) is 12.8 Å². The van der Waals surface area contributed by atoms with E-state index in [-0.39, 0.29) is 19.4 Å². The van der Waals surface area contributed by atoms with Gasteiger partial charge >= 0.3 is 5.97 Å². The molecule has 1 fully saturated rings. The molecule has 0 spiro atoms. The normalized spacial score (nSPS) is 19.2. The number of allylic oxidation sites excluding steroid dienone is 9. The second-order valence-electron chi connectivity index (χ2n) is 22.8. The number of unbranched alkanes of at least 4 members (excludes halogenated alkanes) is 34. The molecule has 1 saturated heterocycles. The Morgan fingerprint density at radius 1 is 0.494 bits per heavy atom. The molecule has 0 saturated carbocycles. The van der Waals surface area contributed by atoms with Crippen molar-refractivity contribution in [2.75, 3.05) is 13.2 Å². The number of amides is 1. The third-order valence-corrected chi connectivity index (χ3v) is 15.4. The van der Waals surface area contributed by atoms with Crippen molar-refractivity contribution in [2.24, 2.45) is 0 Å². The largest absolute Gasteiger partial charge is 0.454 e. The average molecular weight is 1110 g/mol. The van der Waals surface area contributed by atoms with Gasteiger partial charge in [-0.2, -0.15) is 0 Å². The van der Waals surface area contributed by atoms with Gasteiger partial charge in [0, 0.05) is 6.42 Å². The van der Waals surface area contributed by atoms with E-state index in [9.17, 15) is 35.1 Å². The lowest BCUT2D eigenvalue weighted by atomic mass is 9.99. The van der Waals surface area contributed by atoms with E-state index in [0.717, 1.165) is 89.9 Å². The summed E-state index contributed by atoms with van der Waals surface area (Å²) in [4.78, 5) is 26.6. The van der Waals surface area contributed by atoms with Gasteiger partial charge in [0.15, 0.2) is 12.4 Å². The first-order valence-corrected chi connectivity index (χ1v) is 33.1. The van der Waals surface area contributed by atoms with Gasteiger partial charge in [-0.3, -0.25) is 9.59 Å². The molecule has 6 N–H and O–H groups in total. The van der Waals surface area contributed by atoms with E-state index >= 15 is 0 Å². The van der Waals surface area contributed by atoms with Crippen molar-refractivity contribution in [3.8, 4) is 0 Å². The molecule has 0 bridgehead atoms. The Labute approximate surface area is 484 Å². The summed E-state index contributed by atoms with van der Waals surface area (Å²) in [5, 5.41) is 57.1. The Balaban J connectivity index is 2.62. The maximum atomic E-state index is 13.4. The highest BCUT2D eigenvalue weighted by Gasteiger charge is 2.47. The number of rotatable bonds is 56. The summed E-state index contributed by atoms with van der Waals surface area (Å²) in [6.07, 6.45) is 59.7. The van der Waals surface area contributed by atoms with E-state index < -0.39 is 67.4 Å². The predicted molar refractivity (Wildman–Crippen MR) is 329 cm³/mol. The smallest absolute Gasteiger partial charge is 0.306 e. The Bertz CT molecular complexity index is 1510. The van der Waals surface area contributed by atoms with Crippen LogP contribution in [0.5, 0.6) is 0 Å². The molecular formula is C68H123NO10.